The number of amidine groups is 1. The Hall–Kier alpha value is -5.26. The smallest absolute Gasteiger partial charge is 0.326 e. The zero-order valence-corrected chi connectivity index (χ0v) is 21.3. The van der Waals surface area contributed by atoms with Gasteiger partial charge in [0, 0.05) is 30.5 Å². The van der Waals surface area contributed by atoms with Crippen LogP contribution in [-0.2, 0) is 25.6 Å². The summed E-state index contributed by atoms with van der Waals surface area (Å²) in [6.07, 6.45) is -1.09. The molecule has 0 aromatic heterocycles. The van der Waals surface area contributed by atoms with Crippen molar-refractivity contribution < 1.29 is 34.2 Å². The van der Waals surface area contributed by atoms with Crippen molar-refractivity contribution in [2.75, 3.05) is 6.54 Å². The summed E-state index contributed by atoms with van der Waals surface area (Å²) in [5.74, 6) is -4.99. The van der Waals surface area contributed by atoms with Crippen molar-refractivity contribution >= 4 is 46.3 Å². The Bertz CT molecular complexity index is 1440. The summed E-state index contributed by atoms with van der Waals surface area (Å²) >= 11 is 0. The van der Waals surface area contributed by atoms with Gasteiger partial charge >= 0.3 is 11.9 Å². The molecule has 40 heavy (non-hydrogen) atoms. The van der Waals surface area contributed by atoms with E-state index in [1.807, 2.05) is 30.3 Å². The molecule has 0 aliphatic heterocycles. The normalized spacial score (nSPS) is 12.1. The molecule has 0 unspecified atom stereocenters. The van der Waals surface area contributed by atoms with Crippen molar-refractivity contribution in [1.29, 1.82) is 5.41 Å². The van der Waals surface area contributed by atoms with E-state index >= 15 is 0 Å². The lowest BCUT2D eigenvalue weighted by Gasteiger charge is -2.21. The molecule has 0 spiro atoms. The number of carbonyl (C=O) groups excluding carboxylic acids is 3. The molecule has 12 heteroatoms. The van der Waals surface area contributed by atoms with Gasteiger partial charge in [-0.1, -0.05) is 54.6 Å². The number of nitrogens with one attached hydrogen (secondary N) is 4. The fraction of sp³-hybridized carbons (Fsp3) is 0.214. The van der Waals surface area contributed by atoms with E-state index in [0.717, 1.165) is 10.8 Å². The van der Waals surface area contributed by atoms with Crippen LogP contribution in [0.4, 0.5) is 0 Å². The van der Waals surface area contributed by atoms with Crippen LogP contribution in [0.15, 0.2) is 66.7 Å². The number of amides is 3. The number of carboxylic acid groups (broad SMARTS) is 2. The highest BCUT2D eigenvalue weighted by molar-refractivity contribution is 5.98. The van der Waals surface area contributed by atoms with Crippen LogP contribution in [0.2, 0.25) is 0 Å². The number of aliphatic carboxylic acids is 2. The first kappa shape index (κ1) is 29.3. The second-order valence-electron chi connectivity index (χ2n) is 9.00. The van der Waals surface area contributed by atoms with E-state index in [-0.39, 0.29) is 30.8 Å². The summed E-state index contributed by atoms with van der Waals surface area (Å²) in [4.78, 5) is 60.7. The fourth-order valence-electron chi connectivity index (χ4n) is 3.92. The Morgan fingerprint density at radius 3 is 2.10 bits per heavy atom. The molecule has 12 nitrogen and oxygen atoms in total. The Kier molecular flexibility index (Phi) is 9.90. The van der Waals surface area contributed by atoms with Crippen LogP contribution in [0.25, 0.3) is 10.8 Å². The molecule has 0 saturated heterocycles. The number of carbonyl (C=O) groups is 5. The molecule has 3 aromatic rings. The Balaban J connectivity index is 1.57. The van der Waals surface area contributed by atoms with E-state index in [9.17, 15) is 34.2 Å². The second-order valence-corrected chi connectivity index (χ2v) is 9.00. The van der Waals surface area contributed by atoms with Gasteiger partial charge in [0.25, 0.3) is 5.91 Å². The van der Waals surface area contributed by atoms with Crippen molar-refractivity contribution in [1.82, 2.24) is 16.0 Å². The van der Waals surface area contributed by atoms with Gasteiger partial charge in [0.2, 0.25) is 11.8 Å². The van der Waals surface area contributed by atoms with Crippen molar-refractivity contribution in [3.8, 4) is 0 Å². The molecule has 3 aromatic carbocycles. The van der Waals surface area contributed by atoms with E-state index in [2.05, 4.69) is 16.0 Å². The maximum Gasteiger partial charge on any atom is 0.326 e. The summed E-state index contributed by atoms with van der Waals surface area (Å²) in [5, 5.41) is 35.3. The van der Waals surface area contributed by atoms with Gasteiger partial charge in [-0.25, -0.2) is 4.79 Å². The number of fused-ring (bicyclic) bond motifs is 1. The number of rotatable bonds is 13. The van der Waals surface area contributed by atoms with Crippen molar-refractivity contribution in [2.45, 2.75) is 31.3 Å². The first-order valence-electron chi connectivity index (χ1n) is 12.3. The average molecular weight is 548 g/mol. The molecule has 3 amide bonds. The van der Waals surface area contributed by atoms with Crippen LogP contribution >= 0.6 is 0 Å². The third-order valence-electron chi connectivity index (χ3n) is 5.99. The van der Waals surface area contributed by atoms with E-state index < -0.39 is 48.2 Å². The standard InChI is InChI=1S/C28H29N5O7/c29-25(30)18-7-9-19(10-8-18)26(37)31-12-11-23(34)32-21(15-24(35)36)27(38)33-22(28(39)40)14-16-5-6-17-3-1-2-4-20(17)13-16/h1-10,13,21-22H,11-12,14-15H2,(H3,29,30)(H,31,37)(H,32,34)(H,33,38)(H,35,36)(H,39,40)/t21-,22+/m0/s1. The van der Waals surface area contributed by atoms with E-state index in [0.29, 0.717) is 11.1 Å². The first-order chi connectivity index (χ1) is 19.0. The number of hydrogen-bond acceptors (Lipinski definition) is 6. The molecule has 208 valence electrons. The third kappa shape index (κ3) is 8.38. The maximum atomic E-state index is 12.8. The number of benzene rings is 3. The molecule has 2 atom stereocenters. The summed E-state index contributed by atoms with van der Waals surface area (Å²) in [6.45, 7) is -0.111. The maximum absolute atomic E-state index is 12.8. The molecule has 0 heterocycles. The van der Waals surface area contributed by atoms with E-state index in [1.165, 1.54) is 24.3 Å². The minimum absolute atomic E-state index is 0.0565. The van der Waals surface area contributed by atoms with Gasteiger partial charge in [0.05, 0.1) is 6.42 Å². The van der Waals surface area contributed by atoms with Crippen LogP contribution in [0.3, 0.4) is 0 Å². The van der Waals surface area contributed by atoms with Gasteiger partial charge in [0.1, 0.15) is 17.9 Å². The fourth-order valence-corrected chi connectivity index (χ4v) is 3.92. The highest BCUT2D eigenvalue weighted by atomic mass is 16.4. The lowest BCUT2D eigenvalue weighted by Crippen LogP contribution is -2.53. The number of nitrogens with two attached hydrogens (primary N) is 1. The van der Waals surface area contributed by atoms with Gasteiger partial charge in [-0.2, -0.15) is 0 Å². The molecule has 0 aliphatic rings. The molecule has 3 rings (SSSR count). The van der Waals surface area contributed by atoms with Gasteiger partial charge in [-0.3, -0.25) is 24.6 Å². The minimum atomic E-state index is -1.53. The molecule has 0 saturated carbocycles. The lowest BCUT2D eigenvalue weighted by molar-refractivity contribution is -0.143. The summed E-state index contributed by atoms with van der Waals surface area (Å²) in [5.41, 5.74) is 6.76. The van der Waals surface area contributed by atoms with Crippen molar-refractivity contribution in [3.05, 3.63) is 83.4 Å². The molecule has 0 aliphatic carbocycles. The minimum Gasteiger partial charge on any atom is -0.481 e. The largest absolute Gasteiger partial charge is 0.481 e. The van der Waals surface area contributed by atoms with Crippen LogP contribution in [-0.4, -0.2) is 64.3 Å². The zero-order valence-electron chi connectivity index (χ0n) is 21.3. The van der Waals surface area contributed by atoms with Crippen LogP contribution < -0.4 is 21.7 Å². The zero-order chi connectivity index (χ0) is 29.2. The van der Waals surface area contributed by atoms with E-state index in [1.54, 1.807) is 12.1 Å². The number of carboxylic acids is 2. The van der Waals surface area contributed by atoms with Crippen LogP contribution in [0.5, 0.6) is 0 Å². The molecule has 0 fully saturated rings. The summed E-state index contributed by atoms with van der Waals surface area (Å²) in [6, 6.07) is 15.9. The third-order valence-corrected chi connectivity index (χ3v) is 5.99. The Morgan fingerprint density at radius 1 is 0.825 bits per heavy atom. The Labute approximate surface area is 229 Å². The number of nitrogen functional groups attached to an aromatic ring is 1. The van der Waals surface area contributed by atoms with Crippen molar-refractivity contribution in [2.24, 2.45) is 5.73 Å². The quantitative estimate of drug-likeness (QED) is 0.121. The van der Waals surface area contributed by atoms with Gasteiger partial charge < -0.3 is 31.9 Å². The summed E-state index contributed by atoms with van der Waals surface area (Å²) < 4.78 is 0. The average Bonchev–Trinajstić information content (AvgIpc) is 2.91. The van der Waals surface area contributed by atoms with Crippen molar-refractivity contribution in [3.63, 3.8) is 0 Å². The highest BCUT2D eigenvalue weighted by Crippen LogP contribution is 2.17. The van der Waals surface area contributed by atoms with Gasteiger partial charge in [-0.05, 0) is 28.5 Å². The van der Waals surface area contributed by atoms with Gasteiger partial charge in [-0.15, -0.1) is 0 Å². The predicted octanol–water partition coefficient (Wildman–Crippen LogP) is 1.02. The summed E-state index contributed by atoms with van der Waals surface area (Å²) in [7, 11) is 0. The molecular weight excluding hydrogens is 518 g/mol. The second kappa shape index (κ2) is 13.5. The topological polar surface area (TPSA) is 212 Å². The highest BCUT2D eigenvalue weighted by Gasteiger charge is 2.28. The number of hydrogen-bond donors (Lipinski definition) is 7. The SMILES string of the molecule is N=C(N)c1ccc(C(=O)NCCC(=O)N[C@@H](CC(=O)O)C(=O)N[C@H](Cc2ccc3ccccc3c2)C(=O)O)cc1. The lowest BCUT2D eigenvalue weighted by atomic mass is 10.0. The van der Waals surface area contributed by atoms with E-state index in [4.69, 9.17) is 11.1 Å². The Morgan fingerprint density at radius 2 is 1.48 bits per heavy atom. The van der Waals surface area contributed by atoms with Gasteiger partial charge in [0.15, 0.2) is 0 Å². The molecular formula is C28H29N5O7. The van der Waals surface area contributed by atoms with Crippen LogP contribution in [0, 0.1) is 5.41 Å². The molecule has 8 N–H and O–H groups in total. The molecule has 0 bridgehead atoms. The predicted molar refractivity (Wildman–Crippen MR) is 146 cm³/mol. The monoisotopic (exact) mass is 547 g/mol. The molecule has 0 radical (unpaired) electrons. The van der Waals surface area contributed by atoms with Crippen LogP contribution in [0.1, 0.15) is 34.3 Å². The first-order valence-corrected chi connectivity index (χ1v) is 12.3.